The number of hydrogen-bond acceptors (Lipinski definition) is 3. The maximum absolute atomic E-state index is 14.6. The average Bonchev–Trinajstić information content (AvgIpc) is 3.46. The quantitative estimate of drug-likeness (QED) is 0.235. The van der Waals surface area contributed by atoms with Crippen LogP contribution in [0.4, 0.5) is 4.39 Å². The summed E-state index contributed by atoms with van der Waals surface area (Å²) >= 11 is 5.93. The van der Waals surface area contributed by atoms with E-state index in [-0.39, 0.29) is 16.9 Å². The first-order valence-electron chi connectivity index (χ1n) is 15.4. The Kier molecular flexibility index (Phi) is 7.31. The van der Waals surface area contributed by atoms with E-state index in [1.165, 1.54) is 48.9 Å². The topological polar surface area (TPSA) is 41.4 Å². The molecule has 0 spiro atoms. The monoisotopic (exact) mass is 584 g/mol. The molecule has 0 N–H and O–H groups in total. The number of imidazole rings is 1. The Hall–Kier alpha value is -3.22. The van der Waals surface area contributed by atoms with Crippen LogP contribution < -0.4 is 0 Å². The van der Waals surface area contributed by atoms with Crippen LogP contribution in [0.3, 0.4) is 0 Å². The highest BCUT2D eigenvalue weighted by Crippen LogP contribution is 2.45. The molecule has 3 aliphatic heterocycles. The first-order chi connectivity index (χ1) is 20.4. The molecule has 42 heavy (non-hydrogen) atoms. The number of aryl methyl sites for hydroxylation is 1. The van der Waals surface area contributed by atoms with Crippen molar-refractivity contribution in [1.82, 2.24) is 19.4 Å². The number of hydrogen-bond donors (Lipinski definition) is 0. The number of amides is 1. The van der Waals surface area contributed by atoms with E-state index in [2.05, 4.69) is 71.0 Å². The number of para-hydroxylation sites is 2. The van der Waals surface area contributed by atoms with E-state index < -0.39 is 5.82 Å². The molecule has 3 fully saturated rings. The molecule has 3 aromatic carbocycles. The SMILES string of the molecule is Cc1nc2ccccc2n1[C@H]1C[C@H]2CC[C@@H](C1)N2CCC1(c2ccccc2)CCN(C(=O)c2ccc(Cl)cc2F)CC1. The predicted octanol–water partition coefficient (Wildman–Crippen LogP) is 7.57. The second-order valence-electron chi connectivity index (χ2n) is 12.6. The van der Waals surface area contributed by atoms with Crippen LogP contribution in [0.25, 0.3) is 11.0 Å². The predicted molar refractivity (Wildman–Crippen MR) is 166 cm³/mol. The Morgan fingerprint density at radius 2 is 1.64 bits per heavy atom. The summed E-state index contributed by atoms with van der Waals surface area (Å²) in [7, 11) is 0. The molecule has 218 valence electrons. The van der Waals surface area contributed by atoms with E-state index in [9.17, 15) is 9.18 Å². The van der Waals surface area contributed by atoms with Gasteiger partial charge in [0.2, 0.25) is 0 Å². The fourth-order valence-electron chi connectivity index (χ4n) is 8.24. The van der Waals surface area contributed by atoms with Gasteiger partial charge >= 0.3 is 0 Å². The Morgan fingerprint density at radius 1 is 0.952 bits per heavy atom. The van der Waals surface area contributed by atoms with E-state index >= 15 is 0 Å². The maximum Gasteiger partial charge on any atom is 0.256 e. The zero-order valence-electron chi connectivity index (χ0n) is 24.2. The maximum atomic E-state index is 14.6. The van der Waals surface area contributed by atoms with Gasteiger partial charge in [0.15, 0.2) is 0 Å². The van der Waals surface area contributed by atoms with Crippen molar-refractivity contribution in [2.75, 3.05) is 19.6 Å². The number of rotatable bonds is 6. The lowest BCUT2D eigenvalue weighted by atomic mass is 9.70. The molecule has 0 unspecified atom stereocenters. The molecule has 3 aliphatic rings. The number of carbonyl (C=O) groups is 1. The molecule has 2 bridgehead atoms. The van der Waals surface area contributed by atoms with E-state index in [0.29, 0.717) is 36.2 Å². The van der Waals surface area contributed by atoms with Crippen molar-refractivity contribution in [2.24, 2.45) is 0 Å². The molecule has 7 heteroatoms. The van der Waals surface area contributed by atoms with E-state index in [0.717, 1.165) is 37.1 Å². The van der Waals surface area contributed by atoms with Gasteiger partial charge in [-0.1, -0.05) is 54.1 Å². The molecule has 4 aromatic rings. The molecule has 7 rings (SSSR count). The summed E-state index contributed by atoms with van der Waals surface area (Å²) in [5, 5.41) is 0.303. The number of carbonyl (C=O) groups excluding carboxylic acids is 1. The standard InChI is InChI=1S/C35H38ClFN4O/c1-24-38-32-9-5-6-10-33(32)41(24)29-22-27-12-13-28(23-29)40(27)20-17-35(25-7-3-2-4-8-25)15-18-39(19-16-35)34(42)30-14-11-26(36)21-31(30)37/h2-11,14,21,27-29H,12-13,15-20,22-23H2,1H3/t27-,28+,29+. The zero-order chi connectivity index (χ0) is 28.8. The third-order valence-electron chi connectivity index (χ3n) is 10.4. The molecule has 1 amide bonds. The third-order valence-corrected chi connectivity index (χ3v) is 10.6. The second kappa shape index (κ2) is 11.1. The molecule has 5 nitrogen and oxygen atoms in total. The van der Waals surface area contributed by atoms with E-state index in [4.69, 9.17) is 16.6 Å². The van der Waals surface area contributed by atoms with E-state index in [1.54, 1.807) is 6.07 Å². The fraction of sp³-hybridized carbons (Fsp3) is 0.429. The van der Waals surface area contributed by atoms with Crippen molar-refractivity contribution in [3.05, 3.63) is 101 Å². The summed E-state index contributed by atoms with van der Waals surface area (Å²) in [6.45, 7) is 4.46. The molecule has 3 atom stereocenters. The van der Waals surface area contributed by atoms with Gasteiger partial charge in [-0.25, -0.2) is 9.37 Å². The minimum absolute atomic E-state index is 0.00398. The van der Waals surface area contributed by atoms with Crippen molar-refractivity contribution < 1.29 is 9.18 Å². The number of aromatic nitrogens is 2. The van der Waals surface area contributed by atoms with Crippen molar-refractivity contribution in [3.63, 3.8) is 0 Å². The first-order valence-corrected chi connectivity index (χ1v) is 15.8. The minimum atomic E-state index is -0.551. The number of fused-ring (bicyclic) bond motifs is 3. The number of benzene rings is 3. The summed E-state index contributed by atoms with van der Waals surface area (Å²) in [6, 6.07) is 25.4. The van der Waals surface area contributed by atoms with Crippen LogP contribution in [0, 0.1) is 12.7 Å². The molecule has 4 heterocycles. The van der Waals surface area contributed by atoms with Gasteiger partial charge in [-0.15, -0.1) is 0 Å². The molecule has 0 saturated carbocycles. The van der Waals surface area contributed by atoms with E-state index in [1.807, 2.05) is 4.90 Å². The lowest BCUT2D eigenvalue weighted by Gasteiger charge is -2.45. The lowest BCUT2D eigenvalue weighted by Crippen LogP contribution is -2.49. The summed E-state index contributed by atoms with van der Waals surface area (Å²) in [6.07, 6.45) is 7.70. The van der Waals surface area contributed by atoms with Gasteiger partial charge in [-0.05, 0) is 99.7 Å². The number of halogens is 2. The van der Waals surface area contributed by atoms with Crippen molar-refractivity contribution >= 4 is 28.5 Å². The number of likely N-dealkylation sites (tertiary alicyclic amines) is 1. The molecule has 3 saturated heterocycles. The number of nitrogens with zero attached hydrogens (tertiary/aromatic N) is 4. The van der Waals surface area contributed by atoms with Gasteiger partial charge in [0.25, 0.3) is 5.91 Å². The first kappa shape index (κ1) is 27.6. The Balaban J connectivity index is 1.06. The van der Waals surface area contributed by atoms with Gasteiger partial charge in [0.1, 0.15) is 11.6 Å². The smallest absolute Gasteiger partial charge is 0.256 e. The van der Waals surface area contributed by atoms with Crippen molar-refractivity contribution in [1.29, 1.82) is 0 Å². The van der Waals surface area contributed by atoms with Crippen molar-refractivity contribution in [3.8, 4) is 0 Å². The fourth-order valence-corrected chi connectivity index (χ4v) is 8.39. The summed E-state index contributed by atoms with van der Waals surface area (Å²) in [5.74, 6) is 0.329. The van der Waals surface area contributed by atoms with Crippen LogP contribution in [0.15, 0.2) is 72.8 Å². The third kappa shape index (κ3) is 4.92. The summed E-state index contributed by atoms with van der Waals surface area (Å²) in [4.78, 5) is 22.7. The molecule has 1 aromatic heterocycles. The largest absolute Gasteiger partial charge is 0.338 e. The minimum Gasteiger partial charge on any atom is -0.338 e. The molecular weight excluding hydrogens is 547 g/mol. The zero-order valence-corrected chi connectivity index (χ0v) is 24.9. The molecule has 0 aliphatic carbocycles. The van der Waals surface area contributed by atoms with Gasteiger partial charge < -0.3 is 9.47 Å². The Morgan fingerprint density at radius 3 is 2.36 bits per heavy atom. The summed E-state index contributed by atoms with van der Waals surface area (Å²) < 4.78 is 17.1. The van der Waals surface area contributed by atoms with Crippen LogP contribution in [0.1, 0.15) is 72.7 Å². The van der Waals surface area contributed by atoms with Gasteiger partial charge in [0, 0.05) is 36.2 Å². The highest BCUT2D eigenvalue weighted by Gasteiger charge is 2.44. The van der Waals surface area contributed by atoms with Gasteiger partial charge in [0.05, 0.1) is 16.6 Å². The lowest BCUT2D eigenvalue weighted by molar-refractivity contribution is 0.0603. The molecule has 0 radical (unpaired) electrons. The second-order valence-corrected chi connectivity index (χ2v) is 13.0. The van der Waals surface area contributed by atoms with Crippen molar-refractivity contribution in [2.45, 2.75) is 75.4 Å². The highest BCUT2D eigenvalue weighted by atomic mass is 35.5. The van der Waals surface area contributed by atoms with Crippen LogP contribution in [0.5, 0.6) is 0 Å². The van der Waals surface area contributed by atoms with Crippen LogP contribution in [0.2, 0.25) is 5.02 Å². The van der Waals surface area contributed by atoms with Crippen LogP contribution >= 0.6 is 11.6 Å². The number of piperidine rings is 2. The highest BCUT2D eigenvalue weighted by molar-refractivity contribution is 6.30. The van der Waals surface area contributed by atoms with Gasteiger partial charge in [-0.3, -0.25) is 9.69 Å². The van der Waals surface area contributed by atoms with Crippen LogP contribution in [-0.4, -0.2) is 57.0 Å². The normalized spacial score (nSPS) is 23.9. The Bertz CT molecular complexity index is 1580. The Labute approximate surface area is 252 Å². The molecular formula is C35H38ClFN4O. The van der Waals surface area contributed by atoms with Gasteiger partial charge in [-0.2, -0.15) is 0 Å². The average molecular weight is 585 g/mol. The van der Waals surface area contributed by atoms with Crippen LogP contribution in [-0.2, 0) is 5.41 Å². The summed E-state index contributed by atoms with van der Waals surface area (Å²) in [5.41, 5.74) is 3.82.